The van der Waals surface area contributed by atoms with Crippen LogP contribution in [0.25, 0.3) is 0 Å². The van der Waals surface area contributed by atoms with E-state index < -0.39 is 38.0 Å². The molecule has 0 amide bonds. The molecule has 0 atom stereocenters. The molecule has 0 aliphatic carbocycles. The first-order valence-corrected chi connectivity index (χ1v) is 6.46. The lowest BCUT2D eigenvalue weighted by atomic mass is 10.3. The fraction of sp³-hybridized carbons (Fsp3) is 0. The van der Waals surface area contributed by atoms with Crippen LogP contribution in [0, 0.1) is 0 Å². The van der Waals surface area contributed by atoms with Gasteiger partial charge in [0.15, 0.2) is 11.5 Å². The van der Waals surface area contributed by atoms with E-state index in [1.54, 1.807) is 0 Å². The number of hydrogen-bond acceptors (Lipinski definition) is 7. The maximum atomic E-state index is 10.4. The molecule has 17 heavy (non-hydrogen) atoms. The van der Waals surface area contributed by atoms with Crippen LogP contribution in [0.1, 0.15) is 0 Å². The standard InChI is InChI=1S/C6H6O9S2/c7-4-1-5(14-16(8,9)10)3-6(2-4)15-17(11,12)13/h1-3,7H,(H,8,9,10)(H,11,12,13). The van der Waals surface area contributed by atoms with E-state index in [9.17, 15) is 16.8 Å². The fourth-order valence-electron chi connectivity index (χ4n) is 0.896. The lowest BCUT2D eigenvalue weighted by Gasteiger charge is -2.05. The second kappa shape index (κ2) is 4.37. The van der Waals surface area contributed by atoms with E-state index >= 15 is 0 Å². The molecule has 1 aromatic rings. The number of phenols is 1. The zero-order valence-electron chi connectivity index (χ0n) is 7.84. The summed E-state index contributed by atoms with van der Waals surface area (Å²) in [5.41, 5.74) is 0. The lowest BCUT2D eigenvalue weighted by molar-refractivity contribution is 0.379. The SMILES string of the molecule is O=S(=O)(O)Oc1cc(O)cc(OS(=O)(=O)O)c1. The molecule has 0 heterocycles. The average Bonchev–Trinajstić information content (AvgIpc) is 1.93. The quantitative estimate of drug-likeness (QED) is 0.637. The molecular weight excluding hydrogens is 280 g/mol. The van der Waals surface area contributed by atoms with Crippen molar-refractivity contribution < 1.29 is 39.4 Å². The average molecular weight is 286 g/mol. The summed E-state index contributed by atoms with van der Waals surface area (Å²) in [7, 11) is -9.67. The highest BCUT2D eigenvalue weighted by Gasteiger charge is 2.13. The van der Waals surface area contributed by atoms with E-state index in [-0.39, 0.29) is 0 Å². The van der Waals surface area contributed by atoms with Gasteiger partial charge in [-0.05, 0) is 0 Å². The highest BCUT2D eigenvalue weighted by molar-refractivity contribution is 7.81. The van der Waals surface area contributed by atoms with Gasteiger partial charge in [0.25, 0.3) is 0 Å². The van der Waals surface area contributed by atoms with Crippen molar-refractivity contribution >= 4 is 20.8 Å². The Kier molecular flexibility index (Phi) is 3.47. The molecule has 3 N–H and O–H groups in total. The fourth-order valence-corrected chi connectivity index (χ4v) is 1.57. The van der Waals surface area contributed by atoms with Gasteiger partial charge in [-0.3, -0.25) is 9.11 Å². The van der Waals surface area contributed by atoms with Crippen molar-refractivity contribution in [3.63, 3.8) is 0 Å². The molecular formula is C6H6O9S2. The molecule has 0 saturated heterocycles. The molecule has 96 valence electrons. The third-order valence-corrected chi connectivity index (χ3v) is 2.07. The van der Waals surface area contributed by atoms with E-state index in [0.29, 0.717) is 6.07 Å². The van der Waals surface area contributed by atoms with Gasteiger partial charge in [-0.25, -0.2) is 0 Å². The predicted octanol–water partition coefficient (Wildman–Crippen LogP) is -0.245. The van der Waals surface area contributed by atoms with Gasteiger partial charge < -0.3 is 13.5 Å². The largest absolute Gasteiger partial charge is 0.508 e. The first-order valence-electron chi connectivity index (χ1n) is 3.73. The molecule has 0 aliphatic rings. The summed E-state index contributed by atoms with van der Waals surface area (Å²) in [5.74, 6) is -1.82. The summed E-state index contributed by atoms with van der Waals surface area (Å²) in [4.78, 5) is 0. The third kappa shape index (κ3) is 5.35. The van der Waals surface area contributed by atoms with Gasteiger partial charge in [0, 0.05) is 18.2 Å². The number of hydrogen-bond donors (Lipinski definition) is 3. The summed E-state index contributed by atoms with van der Waals surface area (Å²) in [6.07, 6.45) is 0. The van der Waals surface area contributed by atoms with Crippen molar-refractivity contribution in [1.82, 2.24) is 0 Å². The highest BCUT2D eigenvalue weighted by atomic mass is 32.3. The first kappa shape index (κ1) is 13.5. The number of phenolic OH excluding ortho intramolecular Hbond substituents is 1. The van der Waals surface area contributed by atoms with Crippen molar-refractivity contribution in [1.29, 1.82) is 0 Å². The molecule has 11 heteroatoms. The summed E-state index contributed by atoms with van der Waals surface area (Å²) in [6, 6.07) is 2.25. The minimum Gasteiger partial charge on any atom is -0.508 e. The maximum Gasteiger partial charge on any atom is 0.446 e. The van der Waals surface area contributed by atoms with Crippen LogP contribution in [0.3, 0.4) is 0 Å². The minimum atomic E-state index is -4.83. The Morgan fingerprint density at radius 1 is 0.824 bits per heavy atom. The van der Waals surface area contributed by atoms with E-state index in [2.05, 4.69) is 8.37 Å². The normalized spacial score (nSPS) is 12.1. The second-order valence-electron chi connectivity index (χ2n) is 2.68. The molecule has 0 radical (unpaired) electrons. The first-order chi connectivity index (χ1) is 7.55. The van der Waals surface area contributed by atoms with Crippen molar-refractivity contribution in [3.8, 4) is 17.2 Å². The molecule has 0 aliphatic heterocycles. The van der Waals surface area contributed by atoms with E-state index in [1.807, 2.05) is 0 Å². The molecule has 0 bridgehead atoms. The van der Waals surface area contributed by atoms with E-state index in [4.69, 9.17) is 14.2 Å². The van der Waals surface area contributed by atoms with E-state index in [1.165, 1.54) is 0 Å². The van der Waals surface area contributed by atoms with Crippen LogP contribution in [0.4, 0.5) is 0 Å². The van der Waals surface area contributed by atoms with Crippen LogP contribution in [-0.4, -0.2) is 31.0 Å². The number of benzene rings is 1. The van der Waals surface area contributed by atoms with Gasteiger partial charge in [-0.1, -0.05) is 0 Å². The molecule has 9 nitrogen and oxygen atoms in total. The van der Waals surface area contributed by atoms with Gasteiger partial charge in [0.2, 0.25) is 0 Å². The van der Waals surface area contributed by atoms with Gasteiger partial charge >= 0.3 is 20.8 Å². The molecule has 0 aromatic heterocycles. The van der Waals surface area contributed by atoms with Crippen LogP contribution < -0.4 is 8.37 Å². The Balaban J connectivity index is 3.11. The molecule has 0 spiro atoms. The Morgan fingerprint density at radius 3 is 1.47 bits per heavy atom. The Bertz CT molecular complexity index is 563. The Hall–Kier alpha value is -1.56. The van der Waals surface area contributed by atoms with Crippen LogP contribution in [0.5, 0.6) is 17.2 Å². The van der Waals surface area contributed by atoms with Crippen molar-refractivity contribution in [3.05, 3.63) is 18.2 Å². The lowest BCUT2D eigenvalue weighted by Crippen LogP contribution is -2.08. The van der Waals surface area contributed by atoms with Crippen LogP contribution in [0.15, 0.2) is 18.2 Å². The third-order valence-electron chi connectivity index (χ3n) is 1.27. The van der Waals surface area contributed by atoms with Crippen molar-refractivity contribution in [2.75, 3.05) is 0 Å². The Morgan fingerprint density at radius 2 is 1.18 bits per heavy atom. The molecule has 1 rings (SSSR count). The maximum absolute atomic E-state index is 10.4. The predicted molar refractivity (Wildman–Crippen MR) is 52.5 cm³/mol. The van der Waals surface area contributed by atoms with Crippen molar-refractivity contribution in [2.45, 2.75) is 0 Å². The van der Waals surface area contributed by atoms with Gasteiger partial charge in [0.05, 0.1) is 0 Å². The molecule has 0 fully saturated rings. The van der Waals surface area contributed by atoms with E-state index in [0.717, 1.165) is 12.1 Å². The number of rotatable bonds is 4. The summed E-state index contributed by atoms with van der Waals surface area (Å²) in [6.45, 7) is 0. The van der Waals surface area contributed by atoms with Gasteiger partial charge in [-0.15, -0.1) is 0 Å². The summed E-state index contributed by atoms with van der Waals surface area (Å²) >= 11 is 0. The zero-order chi connectivity index (χ0) is 13.3. The van der Waals surface area contributed by atoms with Crippen LogP contribution >= 0.6 is 0 Å². The monoisotopic (exact) mass is 286 g/mol. The minimum absolute atomic E-state index is 0.605. The molecule has 0 unspecified atom stereocenters. The van der Waals surface area contributed by atoms with Crippen LogP contribution in [0.2, 0.25) is 0 Å². The molecule has 1 aromatic carbocycles. The van der Waals surface area contributed by atoms with Gasteiger partial charge in [0.1, 0.15) is 5.75 Å². The van der Waals surface area contributed by atoms with Gasteiger partial charge in [-0.2, -0.15) is 16.8 Å². The van der Waals surface area contributed by atoms with Crippen molar-refractivity contribution in [2.24, 2.45) is 0 Å². The molecule has 0 saturated carbocycles. The second-order valence-corrected chi connectivity index (χ2v) is 4.73. The highest BCUT2D eigenvalue weighted by Crippen LogP contribution is 2.28. The van der Waals surface area contributed by atoms with Crippen LogP contribution in [-0.2, 0) is 20.8 Å². The number of aromatic hydroxyl groups is 1. The smallest absolute Gasteiger partial charge is 0.446 e. The summed E-state index contributed by atoms with van der Waals surface area (Å²) in [5, 5.41) is 9.07. The topological polar surface area (TPSA) is 147 Å². The summed E-state index contributed by atoms with van der Waals surface area (Å²) < 4.78 is 66.0. The zero-order valence-corrected chi connectivity index (χ0v) is 9.47. The Labute approximate surface area is 96.1 Å².